The molecule has 1 N–H and O–H groups in total. The maximum absolute atomic E-state index is 11.7. The predicted octanol–water partition coefficient (Wildman–Crippen LogP) is 2.17. The Kier molecular flexibility index (Phi) is 7.71. The zero-order valence-corrected chi connectivity index (χ0v) is 14.4. The SMILES string of the molecule is CN(CCNCCC(=O)OC(C)(C)C)C(=O)OC(C)(C)C. The Labute approximate surface area is 128 Å². The molecule has 0 saturated carbocycles. The minimum absolute atomic E-state index is 0.226. The van der Waals surface area contributed by atoms with E-state index in [-0.39, 0.29) is 12.1 Å². The Morgan fingerprint density at radius 3 is 1.95 bits per heavy atom. The lowest BCUT2D eigenvalue weighted by Gasteiger charge is -2.24. The zero-order valence-electron chi connectivity index (χ0n) is 14.4. The molecule has 0 atom stereocenters. The molecule has 0 unspecified atom stereocenters. The summed E-state index contributed by atoms with van der Waals surface area (Å²) in [7, 11) is 1.68. The molecule has 0 aliphatic carbocycles. The van der Waals surface area contributed by atoms with Crippen LogP contribution in [-0.2, 0) is 14.3 Å². The molecular formula is C15H30N2O4. The molecule has 21 heavy (non-hydrogen) atoms. The van der Waals surface area contributed by atoms with Crippen LogP contribution in [0.1, 0.15) is 48.0 Å². The number of ether oxygens (including phenoxy) is 2. The number of carbonyl (C=O) groups is 2. The van der Waals surface area contributed by atoms with Gasteiger partial charge >= 0.3 is 12.1 Å². The van der Waals surface area contributed by atoms with E-state index < -0.39 is 11.2 Å². The zero-order chi connectivity index (χ0) is 16.7. The first kappa shape index (κ1) is 19.7. The van der Waals surface area contributed by atoms with Crippen molar-refractivity contribution in [3.63, 3.8) is 0 Å². The van der Waals surface area contributed by atoms with Crippen LogP contribution in [0.4, 0.5) is 4.79 Å². The highest BCUT2D eigenvalue weighted by molar-refractivity contribution is 5.70. The van der Waals surface area contributed by atoms with E-state index in [0.29, 0.717) is 26.1 Å². The number of rotatable bonds is 6. The van der Waals surface area contributed by atoms with Crippen LogP contribution < -0.4 is 5.32 Å². The lowest BCUT2D eigenvalue weighted by atomic mass is 10.2. The van der Waals surface area contributed by atoms with E-state index in [4.69, 9.17) is 9.47 Å². The summed E-state index contributed by atoms with van der Waals surface area (Å²) in [5.74, 6) is -0.226. The van der Waals surface area contributed by atoms with E-state index in [1.54, 1.807) is 7.05 Å². The molecular weight excluding hydrogens is 272 g/mol. The van der Waals surface area contributed by atoms with Gasteiger partial charge < -0.3 is 19.7 Å². The summed E-state index contributed by atoms with van der Waals surface area (Å²) in [5.41, 5.74) is -0.941. The maximum Gasteiger partial charge on any atom is 0.410 e. The van der Waals surface area contributed by atoms with E-state index in [9.17, 15) is 9.59 Å². The highest BCUT2D eigenvalue weighted by Crippen LogP contribution is 2.09. The van der Waals surface area contributed by atoms with Crippen LogP contribution in [0.5, 0.6) is 0 Å². The second kappa shape index (κ2) is 8.22. The molecule has 0 aliphatic rings. The third kappa shape index (κ3) is 12.2. The maximum atomic E-state index is 11.7. The number of hydrogen-bond acceptors (Lipinski definition) is 5. The Morgan fingerprint density at radius 1 is 0.952 bits per heavy atom. The average molecular weight is 302 g/mol. The van der Waals surface area contributed by atoms with Crippen LogP contribution in [0, 0.1) is 0 Å². The highest BCUT2D eigenvalue weighted by Gasteiger charge is 2.19. The van der Waals surface area contributed by atoms with Crippen molar-refractivity contribution in [1.29, 1.82) is 0 Å². The summed E-state index contributed by atoms with van der Waals surface area (Å²) in [6.07, 6.45) is -0.0376. The standard InChI is InChI=1S/C15H30N2O4/c1-14(2,3)20-12(18)8-9-16-10-11-17(7)13(19)21-15(4,5)6/h16H,8-11H2,1-7H3. The molecule has 1 amide bonds. The number of esters is 1. The van der Waals surface area contributed by atoms with Gasteiger partial charge in [0.15, 0.2) is 0 Å². The van der Waals surface area contributed by atoms with Gasteiger partial charge in [0.25, 0.3) is 0 Å². The predicted molar refractivity (Wildman–Crippen MR) is 82.2 cm³/mol. The molecule has 0 rings (SSSR count). The van der Waals surface area contributed by atoms with Crippen LogP contribution >= 0.6 is 0 Å². The second-order valence-corrected chi connectivity index (χ2v) is 6.99. The van der Waals surface area contributed by atoms with E-state index in [2.05, 4.69) is 5.32 Å². The number of nitrogens with zero attached hydrogens (tertiary/aromatic N) is 1. The minimum Gasteiger partial charge on any atom is -0.460 e. The van der Waals surface area contributed by atoms with E-state index in [1.807, 2.05) is 41.5 Å². The van der Waals surface area contributed by atoms with Gasteiger partial charge in [0, 0.05) is 26.7 Å². The first-order valence-corrected chi connectivity index (χ1v) is 7.27. The molecule has 6 heteroatoms. The van der Waals surface area contributed by atoms with Gasteiger partial charge in [-0.15, -0.1) is 0 Å². The number of carbonyl (C=O) groups excluding carboxylic acids is 2. The minimum atomic E-state index is -0.491. The van der Waals surface area contributed by atoms with Crippen molar-refractivity contribution in [1.82, 2.24) is 10.2 Å². The summed E-state index contributed by atoms with van der Waals surface area (Å²) in [4.78, 5) is 24.7. The van der Waals surface area contributed by atoms with Gasteiger partial charge in [0.1, 0.15) is 11.2 Å². The Balaban J connectivity index is 3.76. The quantitative estimate of drug-likeness (QED) is 0.601. The molecule has 0 aliphatic heterocycles. The topological polar surface area (TPSA) is 67.9 Å². The van der Waals surface area contributed by atoms with Gasteiger partial charge in [-0.2, -0.15) is 0 Å². The summed E-state index contributed by atoms with van der Waals surface area (Å²) in [6.45, 7) is 12.7. The Bertz CT molecular complexity index is 343. The lowest BCUT2D eigenvalue weighted by Crippen LogP contribution is -2.38. The summed E-state index contributed by atoms with van der Waals surface area (Å²) in [6, 6.07) is 0. The van der Waals surface area contributed by atoms with Crippen molar-refractivity contribution in [3.8, 4) is 0 Å². The molecule has 0 heterocycles. The van der Waals surface area contributed by atoms with E-state index >= 15 is 0 Å². The van der Waals surface area contributed by atoms with Gasteiger partial charge in [0.2, 0.25) is 0 Å². The number of hydrogen-bond donors (Lipinski definition) is 1. The van der Waals surface area contributed by atoms with Crippen molar-refractivity contribution >= 4 is 12.1 Å². The highest BCUT2D eigenvalue weighted by atomic mass is 16.6. The third-order valence-corrected chi connectivity index (χ3v) is 2.26. The van der Waals surface area contributed by atoms with Crippen LogP contribution in [0.3, 0.4) is 0 Å². The summed E-state index contributed by atoms with van der Waals surface area (Å²) in [5, 5.41) is 3.10. The van der Waals surface area contributed by atoms with Crippen LogP contribution in [0.2, 0.25) is 0 Å². The monoisotopic (exact) mass is 302 g/mol. The molecule has 124 valence electrons. The largest absolute Gasteiger partial charge is 0.460 e. The van der Waals surface area contributed by atoms with Gasteiger partial charge in [0.05, 0.1) is 6.42 Å². The van der Waals surface area contributed by atoms with Gasteiger partial charge in [-0.25, -0.2) is 4.79 Å². The molecule has 0 saturated heterocycles. The van der Waals surface area contributed by atoms with Crippen molar-refractivity contribution in [2.75, 3.05) is 26.7 Å². The smallest absolute Gasteiger partial charge is 0.410 e. The fourth-order valence-electron chi connectivity index (χ4n) is 1.39. The normalized spacial score (nSPS) is 12.0. The lowest BCUT2D eigenvalue weighted by molar-refractivity contribution is -0.154. The van der Waals surface area contributed by atoms with Crippen LogP contribution in [0.15, 0.2) is 0 Å². The molecule has 0 radical (unpaired) electrons. The molecule has 0 fully saturated rings. The Morgan fingerprint density at radius 2 is 1.48 bits per heavy atom. The number of nitrogens with one attached hydrogen (secondary N) is 1. The van der Waals surface area contributed by atoms with Crippen molar-refractivity contribution in [2.45, 2.75) is 59.2 Å². The van der Waals surface area contributed by atoms with Crippen molar-refractivity contribution in [3.05, 3.63) is 0 Å². The molecule has 6 nitrogen and oxygen atoms in total. The first-order valence-electron chi connectivity index (χ1n) is 7.27. The fourth-order valence-corrected chi connectivity index (χ4v) is 1.39. The number of amides is 1. The Hall–Kier alpha value is -1.30. The van der Waals surface area contributed by atoms with Gasteiger partial charge in [-0.05, 0) is 41.5 Å². The fraction of sp³-hybridized carbons (Fsp3) is 0.867. The van der Waals surface area contributed by atoms with Crippen molar-refractivity contribution in [2.24, 2.45) is 0 Å². The molecule has 0 spiro atoms. The van der Waals surface area contributed by atoms with Gasteiger partial charge in [-0.1, -0.05) is 0 Å². The molecule has 0 bridgehead atoms. The second-order valence-electron chi connectivity index (χ2n) is 6.99. The van der Waals surface area contributed by atoms with Crippen LogP contribution in [-0.4, -0.2) is 54.8 Å². The number of likely N-dealkylation sites (N-methyl/N-ethyl adjacent to an activating group) is 1. The average Bonchev–Trinajstić information content (AvgIpc) is 2.23. The summed E-state index contributed by atoms with van der Waals surface area (Å²) < 4.78 is 10.4. The van der Waals surface area contributed by atoms with E-state index in [0.717, 1.165) is 0 Å². The van der Waals surface area contributed by atoms with Gasteiger partial charge in [-0.3, -0.25) is 4.79 Å². The summed E-state index contributed by atoms with van der Waals surface area (Å²) >= 11 is 0. The third-order valence-electron chi connectivity index (χ3n) is 2.26. The molecule has 0 aromatic carbocycles. The van der Waals surface area contributed by atoms with E-state index in [1.165, 1.54) is 4.90 Å². The molecule has 0 aromatic heterocycles. The van der Waals surface area contributed by atoms with Crippen molar-refractivity contribution < 1.29 is 19.1 Å². The first-order chi connectivity index (χ1) is 9.41. The van der Waals surface area contributed by atoms with Crippen LogP contribution in [0.25, 0.3) is 0 Å². The molecule has 0 aromatic rings.